The van der Waals surface area contributed by atoms with Crippen molar-refractivity contribution < 1.29 is 14.5 Å². The molecule has 0 radical (unpaired) electrons. The van der Waals surface area contributed by atoms with Crippen LogP contribution < -0.4 is 15.1 Å². The van der Waals surface area contributed by atoms with Crippen LogP contribution in [0.3, 0.4) is 0 Å². The van der Waals surface area contributed by atoms with Gasteiger partial charge in [0.1, 0.15) is 0 Å². The van der Waals surface area contributed by atoms with Gasteiger partial charge in [0.25, 0.3) is 5.91 Å². The highest BCUT2D eigenvalue weighted by atomic mass is 35.5. The Morgan fingerprint density at radius 3 is 2.76 bits per heavy atom. The highest BCUT2D eigenvalue weighted by molar-refractivity contribution is 6.33. The van der Waals surface area contributed by atoms with Gasteiger partial charge in [0.15, 0.2) is 12.4 Å². The average Bonchev–Trinajstić information content (AvgIpc) is 2.75. The maximum atomic E-state index is 12.1. The van der Waals surface area contributed by atoms with Crippen molar-refractivity contribution in [1.82, 2.24) is 5.43 Å². The van der Waals surface area contributed by atoms with Gasteiger partial charge in [-0.25, -0.2) is 5.43 Å². The summed E-state index contributed by atoms with van der Waals surface area (Å²) in [5.41, 5.74) is 5.99. The number of nitro groups is 1. The van der Waals surface area contributed by atoms with E-state index in [2.05, 4.69) is 49.2 Å². The van der Waals surface area contributed by atoms with E-state index in [0.29, 0.717) is 10.6 Å². The van der Waals surface area contributed by atoms with Gasteiger partial charge in [-0.1, -0.05) is 36.7 Å². The number of carbonyl (C=O) groups excluding carboxylic acids is 1. The predicted octanol–water partition coefficient (Wildman–Crippen LogP) is 5.19. The molecule has 9 heteroatoms. The number of hydrogen-bond acceptors (Lipinski definition) is 6. The lowest BCUT2D eigenvalue weighted by atomic mass is 9.88. The van der Waals surface area contributed by atoms with E-state index in [9.17, 15) is 14.9 Å². The van der Waals surface area contributed by atoms with Crippen LogP contribution in [0.4, 0.5) is 11.4 Å². The third-order valence-corrected chi connectivity index (χ3v) is 5.68. The molecule has 1 aliphatic heterocycles. The van der Waals surface area contributed by atoms with Gasteiger partial charge in [-0.15, -0.1) is 0 Å². The number of anilines is 1. The molecule has 0 aliphatic carbocycles. The number of fused-ring (bicyclic) bond motifs is 1. The van der Waals surface area contributed by atoms with Crippen molar-refractivity contribution >= 4 is 40.7 Å². The van der Waals surface area contributed by atoms with Crippen molar-refractivity contribution in [2.45, 2.75) is 39.7 Å². The molecule has 2 aromatic carbocycles. The molecule has 8 nitrogen and oxygen atoms in total. The van der Waals surface area contributed by atoms with E-state index in [1.165, 1.54) is 24.4 Å². The first-order valence-electron chi connectivity index (χ1n) is 10.6. The average molecular weight is 471 g/mol. The Morgan fingerprint density at radius 1 is 1.33 bits per heavy atom. The van der Waals surface area contributed by atoms with Crippen LogP contribution in [0.5, 0.6) is 5.75 Å². The second-order valence-electron chi connectivity index (χ2n) is 8.33. The smallest absolute Gasteiger partial charge is 0.310 e. The fourth-order valence-corrected chi connectivity index (χ4v) is 4.13. The number of halogens is 1. The Hall–Kier alpha value is -3.39. The number of nitrogens with zero attached hydrogens (tertiary/aromatic N) is 3. The van der Waals surface area contributed by atoms with Gasteiger partial charge in [0, 0.05) is 29.4 Å². The Labute approximate surface area is 198 Å². The molecule has 0 unspecified atom stereocenters. The number of benzene rings is 2. The van der Waals surface area contributed by atoms with Crippen molar-refractivity contribution in [3.8, 4) is 5.75 Å². The van der Waals surface area contributed by atoms with Gasteiger partial charge < -0.3 is 9.64 Å². The predicted molar refractivity (Wildman–Crippen MR) is 131 cm³/mol. The number of hydrogen-bond donors (Lipinski definition) is 1. The van der Waals surface area contributed by atoms with E-state index in [-0.39, 0.29) is 17.0 Å². The second-order valence-corrected chi connectivity index (χ2v) is 8.74. The summed E-state index contributed by atoms with van der Waals surface area (Å²) in [6.07, 6.45) is 4.72. The number of rotatable bonds is 8. The molecular weight excluding hydrogens is 444 g/mol. The van der Waals surface area contributed by atoms with Crippen LogP contribution >= 0.6 is 11.6 Å². The van der Waals surface area contributed by atoms with Gasteiger partial charge in [-0.2, -0.15) is 5.10 Å². The minimum Gasteiger partial charge on any atom is -0.477 e. The van der Waals surface area contributed by atoms with Gasteiger partial charge in [0.05, 0.1) is 21.7 Å². The fraction of sp³-hybridized carbons (Fsp3) is 0.333. The summed E-state index contributed by atoms with van der Waals surface area (Å²) in [6, 6.07) is 9.75. The van der Waals surface area contributed by atoms with Crippen molar-refractivity contribution in [3.63, 3.8) is 0 Å². The van der Waals surface area contributed by atoms with Crippen LogP contribution in [0.2, 0.25) is 5.02 Å². The molecule has 1 amide bonds. The first-order chi connectivity index (χ1) is 15.6. The third kappa shape index (κ3) is 5.51. The lowest BCUT2D eigenvalue weighted by Gasteiger charge is -2.43. The molecule has 3 rings (SSSR count). The standard InChI is InChI=1S/C24H27ClN4O4/c1-5-10-28-21-12-19(25)17(11-18(21)16(2)13-24(28,3)4)14-26-27-23(30)15-33-22-9-7-6-8-20(22)29(31)32/h6-9,11-14H,5,10,15H2,1-4H3,(H,27,30)/b26-14+. The zero-order valence-electron chi connectivity index (χ0n) is 19.1. The fourth-order valence-electron chi connectivity index (χ4n) is 3.93. The highest BCUT2D eigenvalue weighted by Crippen LogP contribution is 2.41. The lowest BCUT2D eigenvalue weighted by Crippen LogP contribution is -2.45. The van der Waals surface area contributed by atoms with E-state index in [0.717, 1.165) is 29.8 Å². The van der Waals surface area contributed by atoms with Crippen molar-refractivity contribution in [3.05, 3.63) is 68.7 Å². The topological polar surface area (TPSA) is 97.1 Å². The first-order valence-corrected chi connectivity index (χ1v) is 11.0. The second kappa shape index (κ2) is 10.0. The summed E-state index contributed by atoms with van der Waals surface area (Å²) in [4.78, 5) is 24.9. The number of nitro benzene ring substituents is 1. The Bertz CT molecular complexity index is 1130. The van der Waals surface area contributed by atoms with E-state index in [1.54, 1.807) is 6.07 Å². The number of para-hydroxylation sites is 2. The molecule has 1 heterocycles. The SMILES string of the molecule is CCCN1c2cc(Cl)c(/C=N/NC(=O)COc3ccccc3[N+](=O)[O-])cc2C(C)=CC1(C)C. The molecular formula is C24H27ClN4O4. The third-order valence-electron chi connectivity index (χ3n) is 5.36. The molecule has 1 aliphatic rings. The maximum absolute atomic E-state index is 12.1. The van der Waals surface area contributed by atoms with Crippen molar-refractivity contribution in [1.29, 1.82) is 0 Å². The normalized spacial score (nSPS) is 14.6. The first kappa shape index (κ1) is 24.3. The maximum Gasteiger partial charge on any atom is 0.310 e. The zero-order chi connectivity index (χ0) is 24.2. The van der Waals surface area contributed by atoms with Gasteiger partial charge in [0.2, 0.25) is 0 Å². The van der Waals surface area contributed by atoms with E-state index in [4.69, 9.17) is 16.3 Å². The Kier molecular flexibility index (Phi) is 7.38. The lowest BCUT2D eigenvalue weighted by molar-refractivity contribution is -0.385. The van der Waals surface area contributed by atoms with Crippen LogP contribution in [0.15, 0.2) is 47.6 Å². The van der Waals surface area contributed by atoms with Crippen molar-refractivity contribution in [2.24, 2.45) is 5.10 Å². The Balaban J connectivity index is 1.71. The molecule has 0 fully saturated rings. The van der Waals surface area contributed by atoms with Crippen LogP contribution in [0.25, 0.3) is 5.57 Å². The van der Waals surface area contributed by atoms with E-state index >= 15 is 0 Å². The largest absolute Gasteiger partial charge is 0.477 e. The summed E-state index contributed by atoms with van der Waals surface area (Å²) in [5.74, 6) is -0.536. The number of hydrazone groups is 1. The molecule has 33 heavy (non-hydrogen) atoms. The summed E-state index contributed by atoms with van der Waals surface area (Å²) < 4.78 is 5.26. The number of nitrogens with one attached hydrogen (secondary N) is 1. The highest BCUT2D eigenvalue weighted by Gasteiger charge is 2.31. The van der Waals surface area contributed by atoms with Crippen molar-refractivity contribution in [2.75, 3.05) is 18.1 Å². The van der Waals surface area contributed by atoms with E-state index in [1.807, 2.05) is 12.1 Å². The molecule has 1 N–H and O–H groups in total. The number of carbonyl (C=O) groups is 1. The van der Waals surface area contributed by atoms with Crippen LogP contribution in [0, 0.1) is 10.1 Å². The molecule has 0 atom stereocenters. The quantitative estimate of drug-likeness (QED) is 0.325. The summed E-state index contributed by atoms with van der Waals surface area (Å²) in [7, 11) is 0. The summed E-state index contributed by atoms with van der Waals surface area (Å²) in [6.45, 7) is 9.07. The zero-order valence-corrected chi connectivity index (χ0v) is 19.8. The van der Waals surface area contributed by atoms with Gasteiger partial charge in [-0.05, 0) is 51.0 Å². The van der Waals surface area contributed by atoms with Crippen LogP contribution in [-0.4, -0.2) is 35.7 Å². The van der Waals surface area contributed by atoms with Gasteiger partial charge in [-0.3, -0.25) is 14.9 Å². The minimum absolute atomic E-state index is 0.0150. The van der Waals surface area contributed by atoms with Crippen LogP contribution in [-0.2, 0) is 4.79 Å². The van der Waals surface area contributed by atoms with E-state index < -0.39 is 17.4 Å². The van der Waals surface area contributed by atoms with Crippen LogP contribution in [0.1, 0.15) is 45.2 Å². The molecule has 0 saturated heterocycles. The minimum atomic E-state index is -0.567. The molecule has 0 aromatic heterocycles. The number of ether oxygens (including phenoxy) is 1. The monoisotopic (exact) mass is 470 g/mol. The molecule has 0 bridgehead atoms. The molecule has 0 spiro atoms. The summed E-state index contributed by atoms with van der Waals surface area (Å²) in [5, 5.41) is 15.5. The molecule has 0 saturated carbocycles. The Morgan fingerprint density at radius 2 is 2.06 bits per heavy atom. The summed E-state index contributed by atoms with van der Waals surface area (Å²) >= 11 is 6.53. The molecule has 2 aromatic rings. The number of allylic oxidation sites excluding steroid dienone is 1. The molecule has 174 valence electrons. The van der Waals surface area contributed by atoms with Gasteiger partial charge >= 0.3 is 5.69 Å². The number of amides is 1.